The summed E-state index contributed by atoms with van der Waals surface area (Å²) in [4.78, 5) is 40.4. The van der Waals surface area contributed by atoms with Gasteiger partial charge in [0.15, 0.2) is 0 Å². The highest BCUT2D eigenvalue weighted by atomic mass is 16.5. The molecule has 0 aromatic heterocycles. The van der Waals surface area contributed by atoms with E-state index >= 15 is 0 Å². The molecule has 0 fully saturated rings. The van der Waals surface area contributed by atoms with Crippen LogP contribution in [0.2, 0.25) is 0 Å². The van der Waals surface area contributed by atoms with Crippen LogP contribution in [0.15, 0.2) is 152 Å². The van der Waals surface area contributed by atoms with E-state index in [2.05, 4.69) is 0 Å². The number of hydrogen-bond donors (Lipinski definition) is 1. The van der Waals surface area contributed by atoms with Gasteiger partial charge in [0.2, 0.25) is 5.78 Å². The predicted molar refractivity (Wildman–Crippen MR) is 191 cm³/mol. The van der Waals surface area contributed by atoms with E-state index in [1.807, 2.05) is 121 Å². The van der Waals surface area contributed by atoms with Crippen molar-refractivity contribution in [2.45, 2.75) is 26.4 Å². The summed E-state index contributed by atoms with van der Waals surface area (Å²) in [5, 5.41) is 9.98. The molecular formula is C43H34O8. The maximum Gasteiger partial charge on any atom is 0.342 e. The predicted octanol–water partition coefficient (Wildman–Crippen LogP) is 8.71. The summed E-state index contributed by atoms with van der Waals surface area (Å²) >= 11 is 0. The molecule has 0 radical (unpaired) electrons. The van der Waals surface area contributed by atoms with Crippen molar-refractivity contribution in [3.63, 3.8) is 0 Å². The van der Waals surface area contributed by atoms with E-state index in [0.29, 0.717) is 0 Å². The molecule has 6 aromatic rings. The van der Waals surface area contributed by atoms with Crippen molar-refractivity contribution in [1.82, 2.24) is 0 Å². The largest absolute Gasteiger partial charge is 0.488 e. The van der Waals surface area contributed by atoms with Gasteiger partial charge in [-0.3, -0.25) is 4.79 Å². The molecule has 0 saturated heterocycles. The number of carboxylic acid groups (broad SMARTS) is 1. The van der Waals surface area contributed by atoms with Crippen LogP contribution in [0, 0.1) is 0 Å². The minimum atomic E-state index is -1.22. The summed E-state index contributed by atoms with van der Waals surface area (Å²) in [5.74, 6) is -2.18. The second-order valence-electron chi connectivity index (χ2n) is 11.6. The average Bonchev–Trinajstić information content (AvgIpc) is 3.18. The van der Waals surface area contributed by atoms with Crippen molar-refractivity contribution in [2.75, 3.05) is 0 Å². The molecule has 8 heteroatoms. The van der Waals surface area contributed by atoms with Crippen molar-refractivity contribution in [2.24, 2.45) is 0 Å². The second kappa shape index (κ2) is 16.6. The number of esters is 1. The smallest absolute Gasteiger partial charge is 0.342 e. The summed E-state index contributed by atoms with van der Waals surface area (Å²) in [6, 6.07) is 44.4. The molecule has 1 N–H and O–H groups in total. The van der Waals surface area contributed by atoms with Gasteiger partial charge in [0.1, 0.15) is 54.8 Å². The van der Waals surface area contributed by atoms with Crippen LogP contribution in [-0.4, -0.2) is 22.8 Å². The van der Waals surface area contributed by atoms with Crippen LogP contribution >= 0.6 is 0 Å². The highest BCUT2D eigenvalue weighted by molar-refractivity contribution is 6.14. The third-order valence-electron chi connectivity index (χ3n) is 7.93. The SMILES string of the molecule is O=C(O)c1cc(OCc2ccccc2)c(C(=O)c2ccc(OCc3ccccc3)c(C(=O)OCc3ccccc3)c2)c(OCc2ccccc2)c1. The van der Waals surface area contributed by atoms with E-state index < -0.39 is 17.7 Å². The summed E-state index contributed by atoms with van der Waals surface area (Å²) < 4.78 is 24.0. The van der Waals surface area contributed by atoms with E-state index in [0.717, 1.165) is 22.3 Å². The van der Waals surface area contributed by atoms with Crippen LogP contribution in [0.1, 0.15) is 58.9 Å². The average molecular weight is 679 g/mol. The van der Waals surface area contributed by atoms with Gasteiger partial charge in [-0.25, -0.2) is 9.59 Å². The Labute approximate surface area is 295 Å². The van der Waals surface area contributed by atoms with Crippen molar-refractivity contribution in [3.8, 4) is 17.2 Å². The van der Waals surface area contributed by atoms with Gasteiger partial charge in [0.05, 0.1) is 5.56 Å². The van der Waals surface area contributed by atoms with Crippen LogP contribution in [0.25, 0.3) is 0 Å². The number of carboxylic acids is 1. The van der Waals surface area contributed by atoms with Crippen LogP contribution in [0.3, 0.4) is 0 Å². The molecule has 0 amide bonds. The lowest BCUT2D eigenvalue weighted by Gasteiger charge is -2.18. The molecule has 0 spiro atoms. The molecule has 0 bridgehead atoms. The van der Waals surface area contributed by atoms with Crippen molar-refractivity contribution < 1.29 is 38.4 Å². The normalized spacial score (nSPS) is 10.6. The van der Waals surface area contributed by atoms with Gasteiger partial charge in [0, 0.05) is 5.56 Å². The first-order chi connectivity index (χ1) is 24.9. The Morgan fingerprint density at radius 1 is 0.451 bits per heavy atom. The minimum absolute atomic E-state index is 0.00780. The molecule has 0 aliphatic heterocycles. The van der Waals surface area contributed by atoms with Gasteiger partial charge in [-0.2, -0.15) is 0 Å². The van der Waals surface area contributed by atoms with Gasteiger partial charge in [-0.1, -0.05) is 121 Å². The molecule has 254 valence electrons. The van der Waals surface area contributed by atoms with Gasteiger partial charge < -0.3 is 24.1 Å². The molecule has 51 heavy (non-hydrogen) atoms. The van der Waals surface area contributed by atoms with Gasteiger partial charge >= 0.3 is 11.9 Å². The van der Waals surface area contributed by atoms with Gasteiger partial charge in [-0.05, 0) is 52.6 Å². The molecule has 0 unspecified atom stereocenters. The fourth-order valence-electron chi connectivity index (χ4n) is 5.27. The van der Waals surface area contributed by atoms with Gasteiger partial charge in [-0.15, -0.1) is 0 Å². The molecule has 0 aliphatic rings. The fraction of sp³-hybridized carbons (Fsp3) is 0.0930. The number of hydrogen-bond acceptors (Lipinski definition) is 7. The van der Waals surface area contributed by atoms with E-state index in [-0.39, 0.29) is 65.9 Å². The Bertz CT molecular complexity index is 2030. The second-order valence-corrected chi connectivity index (χ2v) is 11.6. The van der Waals surface area contributed by atoms with Crippen LogP contribution < -0.4 is 14.2 Å². The molecule has 6 aromatic carbocycles. The van der Waals surface area contributed by atoms with Crippen molar-refractivity contribution >= 4 is 17.7 Å². The lowest BCUT2D eigenvalue weighted by molar-refractivity contribution is 0.0467. The van der Waals surface area contributed by atoms with Crippen LogP contribution in [0.4, 0.5) is 0 Å². The highest BCUT2D eigenvalue weighted by Crippen LogP contribution is 2.35. The molecule has 0 heterocycles. The molecule has 0 atom stereocenters. The van der Waals surface area contributed by atoms with Crippen LogP contribution in [-0.2, 0) is 31.2 Å². The molecular weight excluding hydrogens is 644 g/mol. The standard InChI is InChI=1S/C43H34O8/c44-41(34-21-22-37(48-26-30-13-5-1-6-14-30)36(23-34)43(47)51-29-33-19-11-4-12-20-33)40-38(49-27-31-15-7-2-8-16-31)24-35(42(45)46)25-39(40)50-28-32-17-9-3-10-18-32/h1-25H,26-29H2,(H,45,46). The number of aromatic carboxylic acids is 1. The summed E-state index contributed by atoms with van der Waals surface area (Å²) in [6.45, 7) is 0.317. The van der Waals surface area contributed by atoms with Crippen molar-refractivity contribution in [3.05, 3.63) is 196 Å². The number of ether oxygens (including phenoxy) is 4. The summed E-state index contributed by atoms with van der Waals surface area (Å²) in [5.41, 5.74) is 3.36. The Morgan fingerprint density at radius 3 is 1.29 bits per heavy atom. The monoisotopic (exact) mass is 678 g/mol. The number of rotatable bonds is 15. The quantitative estimate of drug-likeness (QED) is 0.0849. The topological polar surface area (TPSA) is 108 Å². The third kappa shape index (κ3) is 9.07. The molecule has 8 nitrogen and oxygen atoms in total. The zero-order chi connectivity index (χ0) is 35.4. The first-order valence-electron chi connectivity index (χ1n) is 16.3. The Kier molecular flexibility index (Phi) is 11.2. The first-order valence-corrected chi connectivity index (χ1v) is 16.3. The Balaban J connectivity index is 1.39. The van der Waals surface area contributed by atoms with Crippen LogP contribution in [0.5, 0.6) is 17.2 Å². The van der Waals surface area contributed by atoms with Crippen molar-refractivity contribution in [1.29, 1.82) is 0 Å². The number of carbonyl (C=O) groups is 3. The maximum absolute atomic E-state index is 14.5. The molecule has 0 aliphatic carbocycles. The zero-order valence-corrected chi connectivity index (χ0v) is 27.6. The number of carbonyl (C=O) groups excluding carboxylic acids is 2. The first kappa shape index (κ1) is 34.2. The van der Waals surface area contributed by atoms with E-state index in [1.165, 1.54) is 18.2 Å². The lowest BCUT2D eigenvalue weighted by atomic mass is 9.97. The number of benzene rings is 6. The maximum atomic E-state index is 14.5. The minimum Gasteiger partial charge on any atom is -0.488 e. The van der Waals surface area contributed by atoms with Gasteiger partial charge in [0.25, 0.3) is 0 Å². The molecule has 0 saturated carbocycles. The highest BCUT2D eigenvalue weighted by Gasteiger charge is 2.26. The third-order valence-corrected chi connectivity index (χ3v) is 7.93. The Morgan fingerprint density at radius 2 is 0.863 bits per heavy atom. The molecule has 6 rings (SSSR count). The summed E-state index contributed by atoms with van der Waals surface area (Å²) in [6.07, 6.45) is 0. The van der Waals surface area contributed by atoms with E-state index in [1.54, 1.807) is 12.1 Å². The Hall–Kier alpha value is -6.67. The summed E-state index contributed by atoms with van der Waals surface area (Å²) in [7, 11) is 0. The van der Waals surface area contributed by atoms with E-state index in [9.17, 15) is 19.5 Å². The van der Waals surface area contributed by atoms with E-state index in [4.69, 9.17) is 18.9 Å². The zero-order valence-electron chi connectivity index (χ0n) is 27.6. The fourth-order valence-corrected chi connectivity index (χ4v) is 5.27. The lowest BCUT2D eigenvalue weighted by Crippen LogP contribution is -2.13. The number of ketones is 1.